The van der Waals surface area contributed by atoms with E-state index in [0.717, 1.165) is 24.8 Å². The largest absolute Gasteiger partial charge is 0.492 e. The molecule has 0 saturated carbocycles. The third-order valence-electron chi connectivity index (χ3n) is 5.17. The fraction of sp³-hybridized carbons (Fsp3) is 0.435. The smallest absolute Gasteiger partial charge is 0.246 e. The first-order valence-electron chi connectivity index (χ1n) is 10.7. The van der Waals surface area contributed by atoms with Gasteiger partial charge in [0.1, 0.15) is 10.6 Å². The van der Waals surface area contributed by atoms with E-state index >= 15 is 0 Å². The summed E-state index contributed by atoms with van der Waals surface area (Å²) in [5.41, 5.74) is 1.56. The van der Waals surface area contributed by atoms with E-state index in [1.54, 1.807) is 12.1 Å². The lowest BCUT2D eigenvalue weighted by molar-refractivity contribution is -0.117. The summed E-state index contributed by atoms with van der Waals surface area (Å²) < 4.78 is 33.5. The molecule has 0 unspecified atom stereocenters. The predicted octanol–water partition coefficient (Wildman–Crippen LogP) is 3.33. The number of likely N-dealkylation sites (N-methyl/N-ethyl adjacent to an activating group) is 1. The predicted molar refractivity (Wildman–Crippen MR) is 122 cm³/mol. The first-order chi connectivity index (χ1) is 14.9. The fourth-order valence-electron chi connectivity index (χ4n) is 3.70. The monoisotopic (exact) mass is 445 g/mol. The number of ether oxygens (including phenoxy) is 1. The van der Waals surface area contributed by atoms with Crippen LogP contribution in [0, 0.1) is 0 Å². The van der Waals surface area contributed by atoms with E-state index in [9.17, 15) is 13.2 Å². The van der Waals surface area contributed by atoms with Crippen molar-refractivity contribution in [2.24, 2.45) is 0 Å². The van der Waals surface area contributed by atoms with Crippen molar-refractivity contribution in [3.8, 4) is 5.75 Å². The standard InChI is InChI=1S/C23H31N3O4S/c1-3-30-21-13-12-20(16-22(21)31(28,29)26-14-8-5-9-15-26)24-23(27)18-25(2)17-19-10-6-4-7-11-19/h4,6-7,10-13,16H,3,5,8-9,14-15,17-18H2,1-2H3,(H,24,27). The lowest BCUT2D eigenvalue weighted by Gasteiger charge is -2.27. The highest BCUT2D eigenvalue weighted by Crippen LogP contribution is 2.31. The Hall–Kier alpha value is -2.42. The summed E-state index contributed by atoms with van der Waals surface area (Å²) in [6, 6.07) is 14.7. The van der Waals surface area contributed by atoms with Crippen molar-refractivity contribution in [3.63, 3.8) is 0 Å². The molecule has 8 heteroatoms. The van der Waals surface area contributed by atoms with Crippen molar-refractivity contribution in [1.29, 1.82) is 0 Å². The summed E-state index contributed by atoms with van der Waals surface area (Å²) in [7, 11) is -1.82. The van der Waals surface area contributed by atoms with Crippen molar-refractivity contribution in [3.05, 3.63) is 54.1 Å². The second kappa shape index (κ2) is 10.7. The molecule has 31 heavy (non-hydrogen) atoms. The topological polar surface area (TPSA) is 79.0 Å². The Morgan fingerprint density at radius 3 is 2.48 bits per heavy atom. The van der Waals surface area contributed by atoms with E-state index in [0.29, 0.717) is 37.7 Å². The Morgan fingerprint density at radius 2 is 1.81 bits per heavy atom. The SMILES string of the molecule is CCOc1ccc(NC(=O)CN(C)Cc2ccccc2)cc1S(=O)(=O)N1CCCCC1. The maximum Gasteiger partial charge on any atom is 0.246 e. The van der Waals surface area contributed by atoms with E-state index in [2.05, 4.69) is 5.32 Å². The summed E-state index contributed by atoms with van der Waals surface area (Å²) in [6.45, 7) is 4.03. The number of amides is 1. The van der Waals surface area contributed by atoms with Crippen LogP contribution in [0.25, 0.3) is 0 Å². The second-order valence-electron chi connectivity index (χ2n) is 7.77. The third-order valence-corrected chi connectivity index (χ3v) is 7.09. The molecule has 0 atom stereocenters. The van der Waals surface area contributed by atoms with Crippen molar-refractivity contribution < 1.29 is 17.9 Å². The van der Waals surface area contributed by atoms with Gasteiger partial charge >= 0.3 is 0 Å². The van der Waals surface area contributed by atoms with Crippen LogP contribution in [0.15, 0.2) is 53.4 Å². The van der Waals surface area contributed by atoms with Gasteiger partial charge in [-0.3, -0.25) is 9.69 Å². The molecule has 1 amide bonds. The number of piperidine rings is 1. The summed E-state index contributed by atoms with van der Waals surface area (Å²) in [5.74, 6) is 0.108. The molecule has 0 aromatic heterocycles. The van der Waals surface area contributed by atoms with E-state index in [1.165, 1.54) is 10.4 Å². The van der Waals surface area contributed by atoms with Gasteiger partial charge in [0.2, 0.25) is 15.9 Å². The van der Waals surface area contributed by atoms with Gasteiger partial charge in [-0.15, -0.1) is 0 Å². The lowest BCUT2D eigenvalue weighted by atomic mass is 10.2. The molecule has 0 bridgehead atoms. The van der Waals surface area contributed by atoms with Crippen molar-refractivity contribution >= 4 is 21.6 Å². The van der Waals surface area contributed by atoms with Gasteiger partial charge in [-0.05, 0) is 50.6 Å². The number of sulfonamides is 1. The quantitative estimate of drug-likeness (QED) is 0.641. The molecule has 2 aromatic rings. The number of carbonyl (C=O) groups is 1. The molecule has 1 fully saturated rings. The highest BCUT2D eigenvalue weighted by molar-refractivity contribution is 7.89. The van der Waals surface area contributed by atoms with E-state index in [1.807, 2.05) is 49.2 Å². The van der Waals surface area contributed by atoms with Crippen LogP contribution in [-0.2, 0) is 21.4 Å². The number of rotatable bonds is 9. The van der Waals surface area contributed by atoms with Gasteiger partial charge in [0.05, 0.1) is 13.2 Å². The number of carbonyl (C=O) groups excluding carboxylic acids is 1. The number of benzene rings is 2. The average Bonchev–Trinajstić information content (AvgIpc) is 2.76. The van der Waals surface area contributed by atoms with E-state index in [-0.39, 0.29) is 17.3 Å². The van der Waals surface area contributed by atoms with Gasteiger partial charge < -0.3 is 10.1 Å². The first kappa shape index (κ1) is 23.2. The lowest BCUT2D eigenvalue weighted by Crippen LogP contribution is -2.36. The molecule has 1 N–H and O–H groups in total. The van der Waals surface area contributed by atoms with Gasteiger partial charge in [-0.2, -0.15) is 4.31 Å². The minimum absolute atomic E-state index is 0.103. The number of hydrogen-bond acceptors (Lipinski definition) is 5. The third kappa shape index (κ3) is 6.29. The summed E-state index contributed by atoms with van der Waals surface area (Å²) in [6.07, 6.45) is 2.75. The number of nitrogens with one attached hydrogen (secondary N) is 1. The molecule has 2 aromatic carbocycles. The van der Waals surface area contributed by atoms with Crippen LogP contribution >= 0.6 is 0 Å². The Kier molecular flexibility index (Phi) is 8.06. The van der Waals surface area contributed by atoms with Gasteiger partial charge in [0.25, 0.3) is 0 Å². The summed E-state index contributed by atoms with van der Waals surface area (Å²) in [4.78, 5) is 14.6. The highest BCUT2D eigenvalue weighted by atomic mass is 32.2. The maximum atomic E-state index is 13.2. The van der Waals surface area contributed by atoms with Gasteiger partial charge in [-0.1, -0.05) is 36.8 Å². The molecular formula is C23H31N3O4S. The van der Waals surface area contributed by atoms with Gasteiger partial charge in [0, 0.05) is 25.3 Å². The van der Waals surface area contributed by atoms with Crippen LogP contribution in [0.4, 0.5) is 5.69 Å². The van der Waals surface area contributed by atoms with Crippen LogP contribution < -0.4 is 10.1 Å². The number of nitrogens with zero attached hydrogens (tertiary/aromatic N) is 2. The molecule has 0 aliphatic carbocycles. The molecule has 1 aliphatic rings. The zero-order valence-electron chi connectivity index (χ0n) is 18.2. The minimum Gasteiger partial charge on any atom is -0.492 e. The van der Waals surface area contributed by atoms with Crippen molar-refractivity contribution in [2.75, 3.05) is 38.6 Å². The van der Waals surface area contributed by atoms with Crippen LogP contribution in [-0.4, -0.2) is 56.8 Å². The molecule has 0 spiro atoms. The number of anilines is 1. The molecule has 1 heterocycles. The zero-order chi connectivity index (χ0) is 22.3. The van der Waals surface area contributed by atoms with Crippen molar-refractivity contribution in [1.82, 2.24) is 9.21 Å². The van der Waals surface area contributed by atoms with Crippen LogP contribution in [0.5, 0.6) is 5.75 Å². The van der Waals surface area contributed by atoms with Crippen LogP contribution in [0.2, 0.25) is 0 Å². The molecule has 7 nitrogen and oxygen atoms in total. The van der Waals surface area contributed by atoms with E-state index < -0.39 is 10.0 Å². The Bertz CT molecular complexity index is 974. The van der Waals surface area contributed by atoms with Gasteiger partial charge in [0.15, 0.2) is 0 Å². The van der Waals surface area contributed by atoms with Crippen molar-refractivity contribution in [2.45, 2.75) is 37.6 Å². The maximum absolute atomic E-state index is 13.2. The molecule has 168 valence electrons. The van der Waals surface area contributed by atoms with Crippen LogP contribution in [0.3, 0.4) is 0 Å². The minimum atomic E-state index is -3.69. The Balaban J connectivity index is 1.72. The molecule has 0 radical (unpaired) electrons. The summed E-state index contributed by atoms with van der Waals surface area (Å²) >= 11 is 0. The molecule has 1 saturated heterocycles. The molecule has 3 rings (SSSR count). The Morgan fingerprint density at radius 1 is 1.10 bits per heavy atom. The summed E-state index contributed by atoms with van der Waals surface area (Å²) in [5, 5.41) is 2.82. The zero-order valence-corrected chi connectivity index (χ0v) is 19.0. The first-order valence-corrected chi connectivity index (χ1v) is 12.1. The highest BCUT2D eigenvalue weighted by Gasteiger charge is 2.29. The molecular weight excluding hydrogens is 414 g/mol. The fourth-order valence-corrected chi connectivity index (χ4v) is 5.38. The van der Waals surface area contributed by atoms with Crippen LogP contribution in [0.1, 0.15) is 31.7 Å². The Labute approximate surface area is 185 Å². The average molecular weight is 446 g/mol. The van der Waals surface area contributed by atoms with E-state index in [4.69, 9.17) is 4.74 Å². The molecule has 1 aliphatic heterocycles. The normalized spacial score (nSPS) is 15.1. The second-order valence-corrected chi connectivity index (χ2v) is 9.67. The number of hydrogen-bond donors (Lipinski definition) is 1. The van der Waals surface area contributed by atoms with Gasteiger partial charge in [-0.25, -0.2) is 8.42 Å².